The second kappa shape index (κ2) is 7.47. The van der Waals surface area contributed by atoms with Crippen LogP contribution >= 0.6 is 0 Å². The average molecular weight is 454 g/mol. The molecule has 3 heterocycles. The number of amides is 2. The van der Waals surface area contributed by atoms with Crippen LogP contribution in [0.5, 0.6) is 11.5 Å². The first-order valence-corrected chi connectivity index (χ1v) is 10.7. The maximum Gasteiger partial charge on any atom is 0.312 e. The highest BCUT2D eigenvalue weighted by molar-refractivity contribution is 6.13. The van der Waals surface area contributed by atoms with Crippen LogP contribution in [0.4, 0.5) is 10.1 Å². The Morgan fingerprint density at radius 3 is 2.79 bits per heavy atom. The van der Waals surface area contributed by atoms with Crippen LogP contribution < -0.4 is 14.8 Å². The molecule has 2 aromatic rings. The summed E-state index contributed by atoms with van der Waals surface area (Å²) in [6.45, 7) is 3.46. The first-order valence-electron chi connectivity index (χ1n) is 10.7. The number of nitrogens with zero attached hydrogens (tertiary/aromatic N) is 1. The zero-order chi connectivity index (χ0) is 23.5. The normalized spacial score (nSPS) is 27.3. The summed E-state index contributed by atoms with van der Waals surface area (Å²) in [5, 5.41) is 2.73. The van der Waals surface area contributed by atoms with Gasteiger partial charge in [-0.2, -0.15) is 0 Å². The summed E-state index contributed by atoms with van der Waals surface area (Å²) in [6.07, 6.45) is 0. The molecule has 0 saturated carbocycles. The first kappa shape index (κ1) is 21.2. The number of carbonyl (C=O) groups excluding carboxylic acids is 3. The van der Waals surface area contributed by atoms with Gasteiger partial charge in [0, 0.05) is 17.5 Å². The van der Waals surface area contributed by atoms with Crippen molar-refractivity contribution in [3.8, 4) is 11.5 Å². The van der Waals surface area contributed by atoms with Crippen LogP contribution in [0, 0.1) is 17.7 Å². The van der Waals surface area contributed by atoms with Crippen molar-refractivity contribution < 1.29 is 33.0 Å². The van der Waals surface area contributed by atoms with Gasteiger partial charge in [-0.05, 0) is 44.2 Å². The number of carbonyl (C=O) groups is 3. The van der Waals surface area contributed by atoms with Crippen molar-refractivity contribution in [3.05, 3.63) is 53.3 Å². The minimum absolute atomic E-state index is 0.0249. The smallest absolute Gasteiger partial charge is 0.312 e. The third-order valence-electron chi connectivity index (χ3n) is 6.87. The Morgan fingerprint density at radius 1 is 1.27 bits per heavy atom. The third kappa shape index (κ3) is 2.91. The van der Waals surface area contributed by atoms with E-state index >= 15 is 0 Å². The highest BCUT2D eigenvalue weighted by Gasteiger charge is 2.67. The molecular formula is C24H23FN2O6. The van der Waals surface area contributed by atoms with E-state index in [0.29, 0.717) is 17.1 Å². The van der Waals surface area contributed by atoms with Crippen LogP contribution in [-0.2, 0) is 14.3 Å². The highest BCUT2D eigenvalue weighted by atomic mass is 19.1. The molecule has 0 aromatic heterocycles. The molecule has 3 aliphatic rings. The monoisotopic (exact) mass is 454 g/mol. The quantitative estimate of drug-likeness (QED) is 0.717. The Bertz CT molecular complexity index is 1180. The molecule has 1 saturated heterocycles. The molecule has 1 N–H and O–H groups in total. The number of rotatable bonds is 3. The molecule has 0 aliphatic carbocycles. The van der Waals surface area contributed by atoms with E-state index in [1.54, 1.807) is 32.0 Å². The van der Waals surface area contributed by atoms with Gasteiger partial charge >= 0.3 is 5.97 Å². The van der Waals surface area contributed by atoms with Crippen LogP contribution in [0.15, 0.2) is 36.4 Å². The number of anilines is 1. The van der Waals surface area contributed by atoms with E-state index < -0.39 is 47.0 Å². The fourth-order valence-corrected chi connectivity index (χ4v) is 5.39. The molecule has 1 fully saturated rings. The maximum atomic E-state index is 14.1. The van der Waals surface area contributed by atoms with E-state index in [2.05, 4.69) is 5.32 Å². The lowest BCUT2D eigenvalue weighted by Crippen LogP contribution is -2.57. The standard InChI is InChI=1S/C24H23FN2O6/c1-4-32-22(29)19-16-11-33-18-10-13(31-3)6-7-14(18)20(16)27-21(28)15-9-12(25)5-8-17(15)26-23(30)24(19,27)2/h5-10,16,19-20H,4,11H2,1-3H3,(H,26,30)/t16?,19?,20?,24-/m1/s1. The van der Waals surface area contributed by atoms with Crippen molar-refractivity contribution in [2.75, 3.05) is 25.6 Å². The second-order valence-corrected chi connectivity index (χ2v) is 8.52. The number of fused-ring (bicyclic) bond motifs is 6. The van der Waals surface area contributed by atoms with Gasteiger partial charge in [0.05, 0.1) is 43.5 Å². The van der Waals surface area contributed by atoms with E-state index in [1.807, 2.05) is 0 Å². The lowest BCUT2D eigenvalue weighted by Gasteiger charge is -2.38. The van der Waals surface area contributed by atoms with Crippen LogP contribution in [0.3, 0.4) is 0 Å². The number of esters is 1. The summed E-state index contributed by atoms with van der Waals surface area (Å²) < 4.78 is 30.7. The first-order chi connectivity index (χ1) is 15.8. The summed E-state index contributed by atoms with van der Waals surface area (Å²) in [7, 11) is 1.53. The van der Waals surface area contributed by atoms with Crippen molar-refractivity contribution in [2.45, 2.75) is 25.4 Å². The van der Waals surface area contributed by atoms with Gasteiger partial charge in [0.1, 0.15) is 22.9 Å². The minimum atomic E-state index is -1.58. The molecule has 33 heavy (non-hydrogen) atoms. The van der Waals surface area contributed by atoms with Crippen LogP contribution in [-0.4, -0.2) is 48.5 Å². The van der Waals surface area contributed by atoms with Gasteiger partial charge < -0.3 is 24.4 Å². The molecule has 4 atom stereocenters. The van der Waals surface area contributed by atoms with Gasteiger partial charge in [-0.15, -0.1) is 0 Å². The van der Waals surface area contributed by atoms with Crippen molar-refractivity contribution in [2.24, 2.45) is 11.8 Å². The van der Waals surface area contributed by atoms with Gasteiger partial charge in [-0.3, -0.25) is 14.4 Å². The molecular weight excluding hydrogens is 431 g/mol. The Labute approximate surface area is 189 Å². The zero-order valence-electron chi connectivity index (χ0n) is 18.4. The van der Waals surface area contributed by atoms with Crippen molar-refractivity contribution in [1.29, 1.82) is 0 Å². The number of nitrogens with one attached hydrogen (secondary N) is 1. The third-order valence-corrected chi connectivity index (χ3v) is 6.87. The maximum absolute atomic E-state index is 14.1. The van der Waals surface area contributed by atoms with E-state index in [9.17, 15) is 18.8 Å². The average Bonchev–Trinajstić information content (AvgIpc) is 3.05. The summed E-state index contributed by atoms with van der Waals surface area (Å²) in [5.41, 5.74) is -0.717. The molecule has 0 bridgehead atoms. The van der Waals surface area contributed by atoms with Gasteiger partial charge in [0.15, 0.2) is 0 Å². The molecule has 172 valence electrons. The Morgan fingerprint density at radius 2 is 2.06 bits per heavy atom. The Balaban J connectivity index is 1.74. The molecule has 2 amide bonds. The lowest BCUT2D eigenvalue weighted by atomic mass is 9.77. The van der Waals surface area contributed by atoms with Crippen LogP contribution in [0.1, 0.15) is 35.8 Å². The number of halogens is 1. The number of ether oxygens (including phenoxy) is 3. The van der Waals surface area contributed by atoms with Gasteiger partial charge in [-0.25, -0.2) is 4.39 Å². The highest BCUT2D eigenvalue weighted by Crippen LogP contribution is 2.57. The Hall–Kier alpha value is -3.62. The largest absolute Gasteiger partial charge is 0.497 e. The van der Waals surface area contributed by atoms with E-state index in [4.69, 9.17) is 14.2 Å². The summed E-state index contributed by atoms with van der Waals surface area (Å²) >= 11 is 0. The van der Waals surface area contributed by atoms with E-state index in [0.717, 1.165) is 6.07 Å². The fraction of sp³-hybridized carbons (Fsp3) is 0.375. The molecule has 9 heteroatoms. The van der Waals surface area contributed by atoms with E-state index in [1.165, 1.54) is 24.1 Å². The van der Waals surface area contributed by atoms with Gasteiger partial charge in [0.2, 0.25) is 0 Å². The number of methoxy groups -OCH3 is 1. The summed E-state index contributed by atoms with van der Waals surface area (Å²) in [5.74, 6) is -2.73. The van der Waals surface area contributed by atoms with Crippen molar-refractivity contribution in [1.82, 2.24) is 4.90 Å². The molecule has 5 rings (SSSR count). The number of hydrogen-bond donors (Lipinski definition) is 1. The number of benzene rings is 2. The SMILES string of the molecule is CCOC(=O)C1C2COc3cc(OC)ccc3C2N2C(=O)c3cc(F)ccc3NC(=O)[C@@]12C. The molecule has 8 nitrogen and oxygen atoms in total. The molecule has 0 spiro atoms. The number of hydrogen-bond acceptors (Lipinski definition) is 6. The molecule has 3 unspecified atom stereocenters. The molecule has 2 aromatic carbocycles. The summed E-state index contributed by atoms with van der Waals surface area (Å²) in [6, 6.07) is 8.17. The van der Waals surface area contributed by atoms with Gasteiger partial charge in [-0.1, -0.05) is 0 Å². The van der Waals surface area contributed by atoms with Gasteiger partial charge in [0.25, 0.3) is 11.8 Å². The molecule has 3 aliphatic heterocycles. The fourth-order valence-electron chi connectivity index (χ4n) is 5.39. The minimum Gasteiger partial charge on any atom is -0.497 e. The topological polar surface area (TPSA) is 94.2 Å². The predicted molar refractivity (Wildman–Crippen MR) is 114 cm³/mol. The second-order valence-electron chi connectivity index (χ2n) is 8.52. The predicted octanol–water partition coefficient (Wildman–Crippen LogP) is 2.93. The zero-order valence-corrected chi connectivity index (χ0v) is 18.4. The van der Waals surface area contributed by atoms with Crippen molar-refractivity contribution in [3.63, 3.8) is 0 Å². The van der Waals surface area contributed by atoms with Crippen LogP contribution in [0.25, 0.3) is 0 Å². The van der Waals surface area contributed by atoms with Crippen molar-refractivity contribution >= 4 is 23.5 Å². The van der Waals surface area contributed by atoms with Crippen LogP contribution in [0.2, 0.25) is 0 Å². The Kier molecular flexibility index (Phi) is 4.81. The summed E-state index contributed by atoms with van der Waals surface area (Å²) in [4.78, 5) is 42.1. The molecule has 0 radical (unpaired) electrons. The van der Waals surface area contributed by atoms with E-state index in [-0.39, 0.29) is 24.5 Å². The lowest BCUT2D eigenvalue weighted by molar-refractivity contribution is -0.155.